The van der Waals surface area contributed by atoms with E-state index >= 15 is 0 Å². The number of furan rings is 1. The van der Waals surface area contributed by atoms with Crippen LogP contribution in [0.4, 0.5) is 0 Å². The molecular weight excluding hydrogens is 372 g/mol. The van der Waals surface area contributed by atoms with E-state index in [0.29, 0.717) is 17.5 Å². The SMILES string of the molecule is COC(=O)CSc1nc2sc3c(c2c(=O)n1Cc1ccco1)CCCC3. The second-order valence-electron chi connectivity index (χ2n) is 6.12. The standard InChI is InChI=1S/C18H18N2O4S2/c1-23-14(21)10-25-18-19-16-15(12-6-2-3-7-13(12)26-16)17(22)20(18)9-11-5-4-8-24-11/h4-5,8H,2-3,6-7,9-10H2,1H3. The van der Waals surface area contributed by atoms with Gasteiger partial charge in [0, 0.05) is 4.88 Å². The first-order valence-corrected chi connectivity index (χ1v) is 10.2. The molecule has 0 fully saturated rings. The highest BCUT2D eigenvalue weighted by atomic mass is 32.2. The molecule has 0 spiro atoms. The average Bonchev–Trinajstić information content (AvgIpc) is 3.29. The van der Waals surface area contributed by atoms with Gasteiger partial charge in [0.1, 0.15) is 10.6 Å². The van der Waals surface area contributed by atoms with E-state index in [0.717, 1.165) is 41.5 Å². The van der Waals surface area contributed by atoms with E-state index in [1.807, 2.05) is 6.07 Å². The molecule has 0 bridgehead atoms. The Morgan fingerprint density at radius 2 is 2.27 bits per heavy atom. The Morgan fingerprint density at radius 3 is 3.04 bits per heavy atom. The van der Waals surface area contributed by atoms with Crippen molar-refractivity contribution in [2.75, 3.05) is 12.9 Å². The summed E-state index contributed by atoms with van der Waals surface area (Å²) < 4.78 is 11.7. The van der Waals surface area contributed by atoms with Gasteiger partial charge in [0.25, 0.3) is 5.56 Å². The van der Waals surface area contributed by atoms with Gasteiger partial charge in [0.05, 0.1) is 31.1 Å². The number of ether oxygens (including phenoxy) is 1. The Morgan fingerprint density at radius 1 is 1.42 bits per heavy atom. The van der Waals surface area contributed by atoms with E-state index in [9.17, 15) is 9.59 Å². The molecule has 26 heavy (non-hydrogen) atoms. The van der Waals surface area contributed by atoms with Crippen molar-refractivity contribution in [3.05, 3.63) is 45.0 Å². The predicted octanol–water partition coefficient (Wildman–Crippen LogP) is 3.24. The largest absolute Gasteiger partial charge is 0.468 e. The van der Waals surface area contributed by atoms with Crippen molar-refractivity contribution in [2.45, 2.75) is 37.4 Å². The molecule has 1 aliphatic rings. The Balaban J connectivity index is 1.84. The number of carbonyl (C=O) groups excluding carboxylic acids is 1. The number of hydrogen-bond acceptors (Lipinski definition) is 7. The fraction of sp³-hybridized carbons (Fsp3) is 0.389. The number of aryl methyl sites for hydroxylation is 2. The Labute approximate surface area is 158 Å². The molecule has 8 heteroatoms. The summed E-state index contributed by atoms with van der Waals surface area (Å²) in [5.74, 6) is 0.439. The molecule has 0 amide bonds. The fourth-order valence-electron chi connectivity index (χ4n) is 3.21. The first kappa shape index (κ1) is 17.4. The van der Waals surface area contributed by atoms with Crippen LogP contribution in [0.2, 0.25) is 0 Å². The van der Waals surface area contributed by atoms with Crippen molar-refractivity contribution < 1.29 is 13.9 Å². The minimum atomic E-state index is -0.348. The van der Waals surface area contributed by atoms with E-state index in [-0.39, 0.29) is 17.3 Å². The lowest BCUT2D eigenvalue weighted by Crippen LogP contribution is -2.24. The second-order valence-corrected chi connectivity index (χ2v) is 8.15. The first-order valence-electron chi connectivity index (χ1n) is 8.44. The lowest BCUT2D eigenvalue weighted by molar-refractivity contribution is -0.137. The fourth-order valence-corrected chi connectivity index (χ4v) is 5.34. The summed E-state index contributed by atoms with van der Waals surface area (Å²) in [7, 11) is 1.35. The third-order valence-corrected chi connectivity index (χ3v) is 6.62. The molecule has 1 aliphatic carbocycles. The summed E-state index contributed by atoms with van der Waals surface area (Å²) in [4.78, 5) is 31.6. The molecule has 0 aromatic carbocycles. The Bertz CT molecular complexity index is 1000. The third-order valence-electron chi connectivity index (χ3n) is 4.48. The van der Waals surface area contributed by atoms with Gasteiger partial charge in [-0.2, -0.15) is 0 Å². The van der Waals surface area contributed by atoms with Crippen molar-refractivity contribution in [1.29, 1.82) is 0 Å². The molecule has 3 aromatic heterocycles. The monoisotopic (exact) mass is 390 g/mol. The number of thioether (sulfide) groups is 1. The summed E-state index contributed by atoms with van der Waals surface area (Å²) in [5.41, 5.74) is 1.10. The number of rotatable bonds is 5. The maximum atomic E-state index is 13.3. The van der Waals surface area contributed by atoms with Crippen LogP contribution in [0.25, 0.3) is 10.2 Å². The van der Waals surface area contributed by atoms with Crippen LogP contribution < -0.4 is 5.56 Å². The highest BCUT2D eigenvalue weighted by Crippen LogP contribution is 2.34. The normalized spacial score (nSPS) is 13.7. The van der Waals surface area contributed by atoms with Gasteiger partial charge in [-0.15, -0.1) is 11.3 Å². The summed E-state index contributed by atoms with van der Waals surface area (Å²) >= 11 is 2.83. The molecule has 4 rings (SSSR count). The summed E-state index contributed by atoms with van der Waals surface area (Å²) in [6.07, 6.45) is 5.79. The molecular formula is C18H18N2O4S2. The van der Waals surface area contributed by atoms with Crippen LogP contribution in [-0.2, 0) is 28.9 Å². The smallest absolute Gasteiger partial charge is 0.316 e. The van der Waals surface area contributed by atoms with Crippen LogP contribution in [0.3, 0.4) is 0 Å². The highest BCUT2D eigenvalue weighted by molar-refractivity contribution is 7.99. The van der Waals surface area contributed by atoms with Gasteiger partial charge in [-0.05, 0) is 43.4 Å². The van der Waals surface area contributed by atoms with Gasteiger partial charge in [-0.25, -0.2) is 4.98 Å². The van der Waals surface area contributed by atoms with E-state index in [4.69, 9.17) is 14.1 Å². The number of aromatic nitrogens is 2. The van der Waals surface area contributed by atoms with Gasteiger partial charge in [0.2, 0.25) is 0 Å². The van der Waals surface area contributed by atoms with Gasteiger partial charge < -0.3 is 9.15 Å². The molecule has 0 unspecified atom stereocenters. The molecule has 136 valence electrons. The van der Waals surface area contributed by atoms with Crippen LogP contribution in [0.1, 0.15) is 29.0 Å². The van der Waals surface area contributed by atoms with Crippen LogP contribution >= 0.6 is 23.1 Å². The number of thiophene rings is 1. The van der Waals surface area contributed by atoms with Crippen LogP contribution in [0.15, 0.2) is 32.8 Å². The van der Waals surface area contributed by atoms with Crippen molar-refractivity contribution in [3.63, 3.8) is 0 Å². The summed E-state index contributed by atoms with van der Waals surface area (Å²) in [5, 5.41) is 1.25. The molecule has 0 N–H and O–H groups in total. The van der Waals surface area contributed by atoms with Gasteiger partial charge in [0.15, 0.2) is 5.16 Å². The number of hydrogen-bond donors (Lipinski definition) is 0. The van der Waals surface area contributed by atoms with Crippen LogP contribution in [0, 0.1) is 0 Å². The van der Waals surface area contributed by atoms with Crippen molar-refractivity contribution in [2.24, 2.45) is 0 Å². The molecule has 6 nitrogen and oxygen atoms in total. The quantitative estimate of drug-likeness (QED) is 0.378. The van der Waals surface area contributed by atoms with Crippen molar-refractivity contribution >= 4 is 39.3 Å². The molecule has 0 radical (unpaired) electrons. The maximum absolute atomic E-state index is 13.3. The lowest BCUT2D eigenvalue weighted by atomic mass is 9.97. The maximum Gasteiger partial charge on any atom is 0.316 e. The molecule has 0 saturated heterocycles. The van der Waals surface area contributed by atoms with Gasteiger partial charge in [-0.3, -0.25) is 14.2 Å². The summed E-state index contributed by atoms with van der Waals surface area (Å²) in [6, 6.07) is 3.62. The lowest BCUT2D eigenvalue weighted by Gasteiger charge is -2.12. The van der Waals surface area contributed by atoms with E-state index in [1.54, 1.807) is 28.2 Å². The molecule has 0 saturated carbocycles. The predicted molar refractivity (Wildman–Crippen MR) is 101 cm³/mol. The zero-order chi connectivity index (χ0) is 18.1. The van der Waals surface area contributed by atoms with Gasteiger partial charge in [-0.1, -0.05) is 11.8 Å². The van der Waals surface area contributed by atoms with E-state index in [2.05, 4.69) is 0 Å². The van der Waals surface area contributed by atoms with Crippen LogP contribution in [0.5, 0.6) is 0 Å². The van der Waals surface area contributed by atoms with Crippen molar-refractivity contribution in [3.8, 4) is 0 Å². The minimum Gasteiger partial charge on any atom is -0.468 e. The molecule has 0 atom stereocenters. The third kappa shape index (κ3) is 3.19. The van der Waals surface area contributed by atoms with Crippen molar-refractivity contribution in [1.82, 2.24) is 9.55 Å². The number of methoxy groups -OCH3 is 1. The Hall–Kier alpha value is -2.06. The summed E-state index contributed by atoms with van der Waals surface area (Å²) in [6.45, 7) is 0.295. The topological polar surface area (TPSA) is 74.3 Å². The minimum absolute atomic E-state index is 0.0573. The molecule has 3 heterocycles. The van der Waals surface area contributed by atoms with Crippen LogP contribution in [-0.4, -0.2) is 28.4 Å². The van der Waals surface area contributed by atoms with E-state index in [1.165, 1.54) is 23.7 Å². The second kappa shape index (κ2) is 7.28. The first-order chi connectivity index (χ1) is 12.7. The zero-order valence-corrected chi connectivity index (χ0v) is 16.0. The number of esters is 1. The average molecular weight is 390 g/mol. The zero-order valence-electron chi connectivity index (χ0n) is 14.3. The molecule has 3 aromatic rings. The Kier molecular flexibility index (Phi) is 4.86. The number of carbonyl (C=O) groups is 1. The van der Waals surface area contributed by atoms with Gasteiger partial charge >= 0.3 is 5.97 Å². The molecule has 0 aliphatic heterocycles. The number of nitrogens with zero attached hydrogens (tertiary/aromatic N) is 2. The number of fused-ring (bicyclic) bond motifs is 3. The highest BCUT2D eigenvalue weighted by Gasteiger charge is 2.23. The van der Waals surface area contributed by atoms with E-state index < -0.39 is 0 Å².